The van der Waals surface area contributed by atoms with Gasteiger partial charge in [0.25, 0.3) is 5.91 Å². The zero-order chi connectivity index (χ0) is 15.2. The van der Waals surface area contributed by atoms with Crippen LogP contribution in [-0.4, -0.2) is 30.9 Å². The molecule has 1 unspecified atom stereocenters. The van der Waals surface area contributed by atoms with E-state index in [1.807, 2.05) is 25.1 Å². The molecular weight excluding hydrogens is 266 g/mol. The average Bonchev–Trinajstić information content (AvgIpc) is 2.48. The minimum absolute atomic E-state index is 0.0217. The van der Waals surface area contributed by atoms with Gasteiger partial charge in [-0.05, 0) is 43.5 Å². The number of hydrogen-bond acceptors (Lipinski definition) is 3. The lowest BCUT2D eigenvalue weighted by Crippen LogP contribution is -2.47. The van der Waals surface area contributed by atoms with Gasteiger partial charge in [0.05, 0.1) is 0 Å². The number of benzene rings is 1. The van der Waals surface area contributed by atoms with Gasteiger partial charge >= 0.3 is 0 Å². The Labute approximate surface area is 125 Å². The maximum atomic E-state index is 12.2. The highest BCUT2D eigenvalue weighted by atomic mass is 16.2. The van der Waals surface area contributed by atoms with E-state index in [2.05, 4.69) is 22.9 Å². The zero-order valence-corrected chi connectivity index (χ0v) is 12.7. The molecule has 0 saturated carbocycles. The van der Waals surface area contributed by atoms with Gasteiger partial charge < -0.3 is 16.0 Å². The quantitative estimate of drug-likeness (QED) is 0.774. The fourth-order valence-corrected chi connectivity index (χ4v) is 2.39. The van der Waals surface area contributed by atoms with Crippen molar-refractivity contribution in [2.75, 3.05) is 18.4 Å². The van der Waals surface area contributed by atoms with Gasteiger partial charge in [-0.1, -0.05) is 6.92 Å². The van der Waals surface area contributed by atoms with Crippen molar-refractivity contribution < 1.29 is 9.59 Å². The summed E-state index contributed by atoms with van der Waals surface area (Å²) in [6.07, 6.45) is 2.24. The highest BCUT2D eigenvalue weighted by molar-refractivity contribution is 5.95. The molecule has 0 spiro atoms. The summed E-state index contributed by atoms with van der Waals surface area (Å²) in [6.45, 7) is 5.55. The summed E-state index contributed by atoms with van der Waals surface area (Å²) in [5.74, 6) is -0.0241. The molecule has 1 aliphatic rings. The number of carbonyl (C=O) groups excluding carboxylic acids is 2. The van der Waals surface area contributed by atoms with Gasteiger partial charge in [0, 0.05) is 36.8 Å². The molecule has 1 atom stereocenters. The molecule has 5 heteroatoms. The van der Waals surface area contributed by atoms with E-state index in [0.717, 1.165) is 24.2 Å². The van der Waals surface area contributed by atoms with Crippen molar-refractivity contribution in [2.45, 2.75) is 39.2 Å². The van der Waals surface area contributed by atoms with Crippen LogP contribution in [0.5, 0.6) is 0 Å². The topological polar surface area (TPSA) is 70.2 Å². The lowest BCUT2D eigenvalue weighted by molar-refractivity contribution is -0.122. The van der Waals surface area contributed by atoms with Crippen LogP contribution in [0.25, 0.3) is 0 Å². The lowest BCUT2D eigenvalue weighted by Gasteiger charge is -2.23. The Balaban J connectivity index is 1.96. The second-order valence-corrected chi connectivity index (χ2v) is 5.47. The fraction of sp³-hybridized carbons (Fsp3) is 0.500. The van der Waals surface area contributed by atoms with E-state index in [1.165, 1.54) is 0 Å². The molecule has 1 fully saturated rings. The molecular formula is C16H23N3O2. The molecule has 3 N–H and O–H groups in total. The van der Waals surface area contributed by atoms with Crippen molar-refractivity contribution in [1.82, 2.24) is 10.6 Å². The Hall–Kier alpha value is -2.04. The van der Waals surface area contributed by atoms with Crippen LogP contribution in [0.3, 0.4) is 0 Å². The first-order chi connectivity index (χ1) is 10.1. The van der Waals surface area contributed by atoms with Gasteiger partial charge in [-0.25, -0.2) is 0 Å². The van der Waals surface area contributed by atoms with Gasteiger partial charge in [0.2, 0.25) is 5.91 Å². The van der Waals surface area contributed by atoms with E-state index in [1.54, 1.807) is 0 Å². The van der Waals surface area contributed by atoms with E-state index in [0.29, 0.717) is 24.9 Å². The Morgan fingerprint density at radius 2 is 2.24 bits per heavy atom. The normalized spacial score (nSPS) is 18.0. The Kier molecular flexibility index (Phi) is 5.20. The van der Waals surface area contributed by atoms with Crippen molar-refractivity contribution in [3.63, 3.8) is 0 Å². The van der Waals surface area contributed by atoms with Crippen LogP contribution < -0.4 is 16.0 Å². The molecule has 2 rings (SSSR count). The number of carbonyl (C=O) groups is 2. The van der Waals surface area contributed by atoms with Gasteiger partial charge in [0.15, 0.2) is 0 Å². The molecule has 1 aromatic carbocycles. The lowest BCUT2D eigenvalue weighted by atomic mass is 10.1. The van der Waals surface area contributed by atoms with E-state index >= 15 is 0 Å². The number of nitrogens with one attached hydrogen (secondary N) is 3. The maximum Gasteiger partial charge on any atom is 0.251 e. The fourth-order valence-electron chi connectivity index (χ4n) is 2.39. The minimum Gasteiger partial charge on any atom is -0.385 e. The molecule has 21 heavy (non-hydrogen) atoms. The number of anilines is 1. The largest absolute Gasteiger partial charge is 0.385 e. The Morgan fingerprint density at radius 3 is 2.86 bits per heavy atom. The summed E-state index contributed by atoms with van der Waals surface area (Å²) < 4.78 is 0. The van der Waals surface area contributed by atoms with E-state index in [4.69, 9.17) is 0 Å². The van der Waals surface area contributed by atoms with Gasteiger partial charge in [-0.15, -0.1) is 0 Å². The number of hydrogen-bond donors (Lipinski definition) is 3. The van der Waals surface area contributed by atoms with Gasteiger partial charge in [-0.2, -0.15) is 0 Å². The van der Waals surface area contributed by atoms with Crippen LogP contribution >= 0.6 is 0 Å². The monoisotopic (exact) mass is 289 g/mol. The average molecular weight is 289 g/mol. The molecule has 0 bridgehead atoms. The van der Waals surface area contributed by atoms with Crippen LogP contribution in [0.1, 0.15) is 42.1 Å². The smallest absolute Gasteiger partial charge is 0.251 e. The highest BCUT2D eigenvalue weighted by Gasteiger charge is 2.20. The van der Waals surface area contributed by atoms with Gasteiger partial charge in [0.1, 0.15) is 0 Å². The standard InChI is InChI=1S/C16H23N3O2/c1-3-8-17-14-6-4-12(9-11(14)2)16(21)19-13-5-7-15(20)18-10-13/h4,6,9,13,17H,3,5,7-8,10H2,1-2H3,(H,18,20)(H,19,21). The SMILES string of the molecule is CCCNc1ccc(C(=O)NC2CCC(=O)NC2)cc1C. The summed E-state index contributed by atoms with van der Waals surface area (Å²) >= 11 is 0. The number of amides is 2. The van der Waals surface area contributed by atoms with Crippen molar-refractivity contribution in [3.8, 4) is 0 Å². The molecule has 5 nitrogen and oxygen atoms in total. The predicted molar refractivity (Wildman–Crippen MR) is 83.5 cm³/mol. The third kappa shape index (κ3) is 4.21. The summed E-state index contributed by atoms with van der Waals surface area (Å²) in [5.41, 5.74) is 2.79. The maximum absolute atomic E-state index is 12.2. The molecule has 1 saturated heterocycles. The molecule has 1 aliphatic heterocycles. The highest BCUT2D eigenvalue weighted by Crippen LogP contribution is 2.17. The first kappa shape index (κ1) is 15.4. The van der Waals surface area contributed by atoms with E-state index in [9.17, 15) is 9.59 Å². The summed E-state index contributed by atoms with van der Waals surface area (Å²) in [7, 11) is 0. The molecule has 0 aromatic heterocycles. The molecule has 1 heterocycles. The van der Waals surface area contributed by atoms with E-state index < -0.39 is 0 Å². The third-order valence-corrected chi connectivity index (χ3v) is 3.65. The second-order valence-electron chi connectivity index (χ2n) is 5.47. The van der Waals surface area contributed by atoms with Crippen molar-refractivity contribution in [2.24, 2.45) is 0 Å². The third-order valence-electron chi connectivity index (χ3n) is 3.65. The van der Waals surface area contributed by atoms with Crippen molar-refractivity contribution in [1.29, 1.82) is 0 Å². The Bertz CT molecular complexity index is 518. The van der Waals surface area contributed by atoms with Gasteiger partial charge in [-0.3, -0.25) is 9.59 Å². The number of piperidine rings is 1. The second kappa shape index (κ2) is 7.11. The van der Waals surface area contributed by atoms with Crippen LogP contribution in [0.4, 0.5) is 5.69 Å². The summed E-state index contributed by atoms with van der Waals surface area (Å²) in [5, 5.41) is 9.08. The zero-order valence-electron chi connectivity index (χ0n) is 12.7. The van der Waals surface area contributed by atoms with Crippen LogP contribution in [0.2, 0.25) is 0 Å². The van der Waals surface area contributed by atoms with Crippen molar-refractivity contribution >= 4 is 17.5 Å². The van der Waals surface area contributed by atoms with Crippen molar-refractivity contribution in [3.05, 3.63) is 29.3 Å². The number of aryl methyl sites for hydroxylation is 1. The van der Waals surface area contributed by atoms with Crippen LogP contribution in [-0.2, 0) is 4.79 Å². The summed E-state index contributed by atoms with van der Waals surface area (Å²) in [4.78, 5) is 23.3. The molecule has 0 aliphatic carbocycles. The molecule has 114 valence electrons. The first-order valence-electron chi connectivity index (χ1n) is 7.52. The Morgan fingerprint density at radius 1 is 1.43 bits per heavy atom. The first-order valence-corrected chi connectivity index (χ1v) is 7.52. The van der Waals surface area contributed by atoms with E-state index in [-0.39, 0.29) is 17.9 Å². The summed E-state index contributed by atoms with van der Waals surface area (Å²) in [6, 6.07) is 5.70. The minimum atomic E-state index is -0.0821. The predicted octanol–water partition coefficient (Wildman–Crippen LogP) is 1.83. The number of rotatable bonds is 5. The van der Waals surface area contributed by atoms with Crippen LogP contribution in [0.15, 0.2) is 18.2 Å². The van der Waals surface area contributed by atoms with Crippen LogP contribution in [0, 0.1) is 6.92 Å². The molecule has 1 aromatic rings. The molecule has 2 amide bonds. The molecule has 0 radical (unpaired) electrons.